The molecule has 1 aliphatic carbocycles. The van der Waals surface area contributed by atoms with Gasteiger partial charge in [0, 0.05) is 30.6 Å². The first-order chi connectivity index (χ1) is 12.7. The van der Waals surface area contributed by atoms with Gasteiger partial charge in [0.2, 0.25) is 6.54 Å². The van der Waals surface area contributed by atoms with Crippen LogP contribution in [0.2, 0.25) is 0 Å². The summed E-state index contributed by atoms with van der Waals surface area (Å²) in [6, 6.07) is 1.03. The van der Waals surface area contributed by atoms with Gasteiger partial charge >= 0.3 is 6.01 Å². The van der Waals surface area contributed by atoms with E-state index >= 15 is 0 Å². The van der Waals surface area contributed by atoms with Gasteiger partial charge in [-0.05, 0) is 58.5 Å². The summed E-state index contributed by atoms with van der Waals surface area (Å²) in [6.07, 6.45) is 8.00. The summed E-state index contributed by atoms with van der Waals surface area (Å²) in [5.74, 6) is 1.54. The Kier molecular flexibility index (Phi) is 5.26. The molecule has 1 aromatic rings. The Morgan fingerprint density at radius 2 is 2.04 bits per heavy atom. The SMILES string of the molecule is [C-]#[N+]C[C@@H]1CCCN(c2nc(OC[C@@H]3CCCN3C)nc3c2CCC3)C1. The number of likely N-dealkylation sites (N-methyl/N-ethyl adjacent to an activating group) is 1. The molecule has 0 N–H and O–H groups in total. The number of rotatable bonds is 5. The molecule has 6 heteroatoms. The molecule has 26 heavy (non-hydrogen) atoms. The average Bonchev–Trinajstić information content (AvgIpc) is 3.28. The second kappa shape index (κ2) is 7.79. The number of aryl methyl sites for hydroxylation is 1. The predicted molar refractivity (Wildman–Crippen MR) is 102 cm³/mol. The van der Waals surface area contributed by atoms with Crippen molar-refractivity contribution in [2.45, 2.75) is 51.0 Å². The monoisotopic (exact) mass is 355 g/mol. The molecule has 4 rings (SSSR count). The number of likely N-dealkylation sites (tertiary alicyclic amines) is 1. The van der Waals surface area contributed by atoms with Gasteiger partial charge in [-0.15, -0.1) is 0 Å². The van der Waals surface area contributed by atoms with Crippen LogP contribution in [0, 0.1) is 12.5 Å². The number of fused-ring (bicyclic) bond motifs is 1. The number of hydrogen-bond donors (Lipinski definition) is 0. The van der Waals surface area contributed by atoms with Gasteiger partial charge in [0.15, 0.2) is 0 Å². The minimum atomic E-state index is 0.463. The van der Waals surface area contributed by atoms with Crippen LogP contribution in [0.5, 0.6) is 6.01 Å². The second-order valence-corrected chi connectivity index (χ2v) is 7.99. The first kappa shape index (κ1) is 17.5. The third-order valence-electron chi connectivity index (χ3n) is 6.14. The van der Waals surface area contributed by atoms with Gasteiger partial charge in [0.1, 0.15) is 12.4 Å². The van der Waals surface area contributed by atoms with Crippen LogP contribution in [0.25, 0.3) is 4.85 Å². The largest absolute Gasteiger partial charge is 0.462 e. The van der Waals surface area contributed by atoms with Crippen molar-refractivity contribution in [1.82, 2.24) is 14.9 Å². The maximum absolute atomic E-state index is 7.18. The van der Waals surface area contributed by atoms with Crippen molar-refractivity contribution >= 4 is 5.82 Å². The first-order valence-corrected chi connectivity index (χ1v) is 10.1. The Bertz CT molecular complexity index is 686. The number of anilines is 1. The Labute approximate surface area is 156 Å². The fraction of sp³-hybridized carbons (Fsp3) is 0.750. The quantitative estimate of drug-likeness (QED) is 0.760. The first-order valence-electron chi connectivity index (χ1n) is 10.1. The van der Waals surface area contributed by atoms with Gasteiger partial charge in [0.05, 0.1) is 5.69 Å². The van der Waals surface area contributed by atoms with Crippen molar-refractivity contribution in [3.63, 3.8) is 0 Å². The van der Waals surface area contributed by atoms with Crippen molar-refractivity contribution in [1.29, 1.82) is 0 Å². The van der Waals surface area contributed by atoms with Crippen molar-refractivity contribution in [2.24, 2.45) is 5.92 Å². The van der Waals surface area contributed by atoms with Crippen LogP contribution < -0.4 is 9.64 Å². The van der Waals surface area contributed by atoms with E-state index in [9.17, 15) is 0 Å². The van der Waals surface area contributed by atoms with Crippen LogP contribution in [0.15, 0.2) is 0 Å². The summed E-state index contributed by atoms with van der Waals surface area (Å²) in [5.41, 5.74) is 2.50. The van der Waals surface area contributed by atoms with Crippen molar-refractivity contribution in [3.8, 4) is 6.01 Å². The second-order valence-electron chi connectivity index (χ2n) is 7.99. The minimum Gasteiger partial charge on any atom is -0.462 e. The minimum absolute atomic E-state index is 0.463. The number of piperidine rings is 1. The summed E-state index contributed by atoms with van der Waals surface area (Å²) >= 11 is 0. The van der Waals surface area contributed by atoms with E-state index in [4.69, 9.17) is 21.3 Å². The van der Waals surface area contributed by atoms with Gasteiger partial charge in [-0.2, -0.15) is 9.97 Å². The lowest BCUT2D eigenvalue weighted by molar-refractivity contribution is 0.187. The van der Waals surface area contributed by atoms with E-state index in [1.807, 2.05) is 0 Å². The standard InChI is InChI=1S/C20H29N5O/c1-21-12-15-6-4-11-25(13-15)19-17-8-3-9-18(17)22-20(23-19)26-14-16-7-5-10-24(16)2/h15-16H,3-14H2,2H3/t15-,16-/m0/s1. The molecular weight excluding hydrogens is 326 g/mol. The summed E-state index contributed by atoms with van der Waals surface area (Å²) in [6.45, 7) is 11.6. The molecule has 2 saturated heterocycles. The Morgan fingerprint density at radius 3 is 2.85 bits per heavy atom. The molecule has 6 nitrogen and oxygen atoms in total. The van der Waals surface area contributed by atoms with Crippen LogP contribution in [0.4, 0.5) is 5.82 Å². The van der Waals surface area contributed by atoms with Crippen LogP contribution in [0.1, 0.15) is 43.4 Å². The van der Waals surface area contributed by atoms with Crippen LogP contribution in [0.3, 0.4) is 0 Å². The Hall–Kier alpha value is -1.87. The summed E-state index contributed by atoms with van der Waals surface area (Å²) < 4.78 is 6.05. The zero-order valence-corrected chi connectivity index (χ0v) is 15.8. The molecule has 3 heterocycles. The maximum atomic E-state index is 7.18. The number of nitrogens with zero attached hydrogens (tertiary/aromatic N) is 5. The molecule has 0 saturated carbocycles. The fourth-order valence-electron chi connectivity index (χ4n) is 4.61. The van der Waals surface area contributed by atoms with E-state index in [0.29, 0.717) is 31.1 Å². The summed E-state index contributed by atoms with van der Waals surface area (Å²) in [5, 5.41) is 0. The molecule has 2 aliphatic heterocycles. The Morgan fingerprint density at radius 1 is 1.15 bits per heavy atom. The molecule has 1 aromatic heterocycles. The molecule has 0 radical (unpaired) electrons. The van der Waals surface area contributed by atoms with E-state index in [-0.39, 0.29) is 0 Å². The molecule has 0 bridgehead atoms. The Balaban J connectivity index is 1.52. The summed E-state index contributed by atoms with van der Waals surface area (Å²) in [7, 11) is 2.17. The molecule has 0 amide bonds. The van der Waals surface area contributed by atoms with Crippen molar-refractivity contribution < 1.29 is 4.74 Å². The predicted octanol–water partition coefficient (Wildman–Crippen LogP) is 2.57. The van der Waals surface area contributed by atoms with E-state index < -0.39 is 0 Å². The van der Waals surface area contributed by atoms with Gasteiger partial charge in [0.25, 0.3) is 0 Å². The lowest BCUT2D eigenvalue weighted by atomic mass is 9.98. The topological polar surface area (TPSA) is 45.9 Å². The molecule has 140 valence electrons. The highest BCUT2D eigenvalue weighted by Gasteiger charge is 2.29. The van der Waals surface area contributed by atoms with E-state index in [1.54, 1.807) is 0 Å². The summed E-state index contributed by atoms with van der Waals surface area (Å²) in [4.78, 5) is 17.9. The lowest BCUT2D eigenvalue weighted by Crippen LogP contribution is -2.37. The highest BCUT2D eigenvalue weighted by molar-refractivity contribution is 5.52. The molecule has 0 spiro atoms. The molecule has 2 atom stereocenters. The molecule has 2 fully saturated rings. The van der Waals surface area contributed by atoms with Crippen LogP contribution >= 0.6 is 0 Å². The normalized spacial score (nSPS) is 25.9. The molecule has 0 aromatic carbocycles. The number of ether oxygens (including phenoxy) is 1. The average molecular weight is 355 g/mol. The van der Waals surface area contributed by atoms with Gasteiger partial charge in [-0.25, -0.2) is 6.57 Å². The van der Waals surface area contributed by atoms with Gasteiger partial charge in [-0.3, -0.25) is 0 Å². The van der Waals surface area contributed by atoms with Gasteiger partial charge < -0.3 is 19.4 Å². The van der Waals surface area contributed by atoms with E-state index in [2.05, 4.69) is 21.7 Å². The molecular formula is C20H29N5O. The highest BCUT2D eigenvalue weighted by atomic mass is 16.5. The van der Waals surface area contributed by atoms with Gasteiger partial charge in [-0.1, -0.05) is 0 Å². The fourth-order valence-corrected chi connectivity index (χ4v) is 4.61. The third-order valence-corrected chi connectivity index (χ3v) is 6.14. The van der Waals surface area contributed by atoms with Crippen molar-refractivity contribution in [2.75, 3.05) is 44.7 Å². The number of hydrogen-bond acceptors (Lipinski definition) is 5. The van der Waals surface area contributed by atoms with E-state index in [0.717, 1.165) is 57.6 Å². The van der Waals surface area contributed by atoms with E-state index in [1.165, 1.54) is 24.1 Å². The highest BCUT2D eigenvalue weighted by Crippen LogP contribution is 2.33. The van der Waals surface area contributed by atoms with Crippen LogP contribution in [-0.4, -0.2) is 60.7 Å². The lowest BCUT2D eigenvalue weighted by Gasteiger charge is -2.32. The number of aromatic nitrogens is 2. The molecule has 3 aliphatic rings. The third kappa shape index (κ3) is 3.64. The van der Waals surface area contributed by atoms with Crippen molar-refractivity contribution in [3.05, 3.63) is 22.7 Å². The maximum Gasteiger partial charge on any atom is 0.318 e. The zero-order chi connectivity index (χ0) is 17.9. The smallest absolute Gasteiger partial charge is 0.318 e. The zero-order valence-electron chi connectivity index (χ0n) is 15.8. The van der Waals surface area contributed by atoms with Crippen LogP contribution in [-0.2, 0) is 12.8 Å². The molecule has 0 unspecified atom stereocenters.